The van der Waals surface area contributed by atoms with Gasteiger partial charge in [0.1, 0.15) is 0 Å². The van der Waals surface area contributed by atoms with Crippen molar-refractivity contribution in [2.75, 3.05) is 13.7 Å². The van der Waals surface area contributed by atoms with Gasteiger partial charge in [-0.25, -0.2) is 4.79 Å². The van der Waals surface area contributed by atoms with Crippen LogP contribution in [0.2, 0.25) is 0 Å². The third-order valence-corrected chi connectivity index (χ3v) is 2.22. The Bertz CT molecular complexity index is 196. The zero-order valence-electron chi connectivity index (χ0n) is 9.59. The van der Waals surface area contributed by atoms with Crippen molar-refractivity contribution >= 4 is 5.97 Å². The van der Waals surface area contributed by atoms with Crippen LogP contribution in [0.3, 0.4) is 0 Å². The van der Waals surface area contributed by atoms with Crippen LogP contribution in [0.15, 0.2) is 0 Å². The Morgan fingerprint density at radius 3 is 2.21 bits per heavy atom. The van der Waals surface area contributed by atoms with E-state index in [0.717, 1.165) is 6.42 Å². The molecule has 0 fully saturated rings. The molecular formula is C10H20O4. The predicted octanol–water partition coefficient (Wildman–Crippen LogP) is 1.12. The quantitative estimate of drug-likeness (QED) is 0.682. The van der Waals surface area contributed by atoms with Crippen molar-refractivity contribution in [2.45, 2.75) is 45.3 Å². The Labute approximate surface area is 85.2 Å². The molecule has 0 aliphatic carbocycles. The summed E-state index contributed by atoms with van der Waals surface area (Å²) in [5.41, 5.74) is -1.90. The van der Waals surface area contributed by atoms with Gasteiger partial charge in [-0.1, -0.05) is 6.92 Å². The second-order valence-corrected chi connectivity index (χ2v) is 4.17. The van der Waals surface area contributed by atoms with Crippen molar-refractivity contribution in [2.24, 2.45) is 0 Å². The highest BCUT2D eigenvalue weighted by molar-refractivity contribution is 5.78. The molecule has 0 aliphatic heterocycles. The van der Waals surface area contributed by atoms with Crippen molar-refractivity contribution in [3.63, 3.8) is 0 Å². The molecule has 0 aromatic heterocycles. The minimum Gasteiger partial charge on any atom is -0.467 e. The van der Waals surface area contributed by atoms with Crippen LogP contribution in [0, 0.1) is 0 Å². The fraction of sp³-hybridized carbons (Fsp3) is 0.900. The topological polar surface area (TPSA) is 55.8 Å². The van der Waals surface area contributed by atoms with Gasteiger partial charge in [-0.05, 0) is 27.2 Å². The Balaban J connectivity index is 4.18. The summed E-state index contributed by atoms with van der Waals surface area (Å²) >= 11 is 0. The molecule has 1 unspecified atom stereocenters. The number of aliphatic hydroxyl groups is 1. The monoisotopic (exact) mass is 204 g/mol. The van der Waals surface area contributed by atoms with Crippen molar-refractivity contribution in [1.29, 1.82) is 0 Å². The maximum atomic E-state index is 11.1. The second-order valence-electron chi connectivity index (χ2n) is 4.17. The number of carbonyl (C=O) groups is 1. The van der Waals surface area contributed by atoms with E-state index < -0.39 is 11.6 Å². The molecule has 0 radical (unpaired) electrons. The average molecular weight is 204 g/mol. The molecule has 1 atom stereocenters. The Morgan fingerprint density at radius 1 is 1.36 bits per heavy atom. The standard InChI is InChI=1S/C10H20O4/c1-6-9(2,3)14-7-10(4,12)8(11)13-5/h12H,6-7H2,1-5H3. The van der Waals surface area contributed by atoms with Crippen molar-refractivity contribution in [1.82, 2.24) is 0 Å². The van der Waals surface area contributed by atoms with Crippen LogP contribution in [0.4, 0.5) is 0 Å². The lowest BCUT2D eigenvalue weighted by Crippen LogP contribution is -2.43. The SMILES string of the molecule is CCC(C)(C)OCC(C)(O)C(=O)OC. The van der Waals surface area contributed by atoms with Crippen molar-refractivity contribution in [3.05, 3.63) is 0 Å². The fourth-order valence-corrected chi connectivity index (χ4v) is 0.717. The van der Waals surface area contributed by atoms with Crippen molar-refractivity contribution in [3.8, 4) is 0 Å². The van der Waals surface area contributed by atoms with Crippen LogP contribution in [-0.4, -0.2) is 36.0 Å². The van der Waals surface area contributed by atoms with Gasteiger partial charge in [0.15, 0.2) is 5.60 Å². The van der Waals surface area contributed by atoms with Crippen LogP contribution in [0.1, 0.15) is 34.1 Å². The number of hydrogen-bond acceptors (Lipinski definition) is 4. The van der Waals surface area contributed by atoms with E-state index in [1.165, 1.54) is 14.0 Å². The summed E-state index contributed by atoms with van der Waals surface area (Å²) in [5.74, 6) is -0.676. The minimum atomic E-state index is -1.57. The first-order valence-electron chi connectivity index (χ1n) is 4.70. The van der Waals surface area contributed by atoms with Crippen LogP contribution < -0.4 is 0 Å². The molecule has 84 valence electrons. The summed E-state index contributed by atoms with van der Waals surface area (Å²) in [6.07, 6.45) is 0.810. The molecule has 14 heavy (non-hydrogen) atoms. The minimum absolute atomic E-state index is 0.0550. The first-order valence-corrected chi connectivity index (χ1v) is 4.70. The number of hydrogen-bond donors (Lipinski definition) is 1. The van der Waals surface area contributed by atoms with Gasteiger partial charge in [0.2, 0.25) is 0 Å². The van der Waals surface area contributed by atoms with Gasteiger partial charge in [-0.3, -0.25) is 0 Å². The maximum Gasteiger partial charge on any atom is 0.339 e. The lowest BCUT2D eigenvalue weighted by molar-refractivity contribution is -0.172. The fourth-order valence-electron chi connectivity index (χ4n) is 0.717. The second kappa shape index (κ2) is 4.75. The number of ether oxygens (including phenoxy) is 2. The molecule has 0 saturated heterocycles. The first-order chi connectivity index (χ1) is 6.25. The largest absolute Gasteiger partial charge is 0.467 e. The molecule has 0 aliphatic rings. The lowest BCUT2D eigenvalue weighted by Gasteiger charge is -2.28. The van der Waals surface area contributed by atoms with Gasteiger partial charge in [-0.15, -0.1) is 0 Å². The molecule has 4 nitrogen and oxygen atoms in total. The van der Waals surface area contributed by atoms with Crippen LogP contribution in [0.5, 0.6) is 0 Å². The summed E-state index contributed by atoms with van der Waals surface area (Å²) < 4.78 is 9.86. The third-order valence-electron chi connectivity index (χ3n) is 2.22. The smallest absolute Gasteiger partial charge is 0.339 e. The Kier molecular flexibility index (Phi) is 4.55. The molecule has 4 heteroatoms. The van der Waals surface area contributed by atoms with E-state index in [1.807, 2.05) is 20.8 Å². The van der Waals surface area contributed by atoms with Crippen LogP contribution in [0.25, 0.3) is 0 Å². The first kappa shape index (κ1) is 13.4. The van der Waals surface area contributed by atoms with E-state index >= 15 is 0 Å². The summed E-state index contributed by atoms with van der Waals surface area (Å²) in [6, 6.07) is 0. The summed E-state index contributed by atoms with van der Waals surface area (Å²) in [6.45, 7) is 7.11. The highest BCUT2D eigenvalue weighted by Crippen LogP contribution is 2.17. The van der Waals surface area contributed by atoms with E-state index in [4.69, 9.17) is 4.74 Å². The molecular weight excluding hydrogens is 184 g/mol. The third kappa shape index (κ3) is 4.07. The summed E-state index contributed by atoms with van der Waals surface area (Å²) in [5, 5.41) is 9.64. The van der Waals surface area contributed by atoms with Gasteiger partial charge < -0.3 is 14.6 Å². The summed E-state index contributed by atoms with van der Waals surface area (Å²) in [4.78, 5) is 11.1. The number of esters is 1. The highest BCUT2D eigenvalue weighted by atomic mass is 16.6. The molecule has 0 spiro atoms. The van der Waals surface area contributed by atoms with Crippen molar-refractivity contribution < 1.29 is 19.4 Å². The van der Waals surface area contributed by atoms with E-state index in [9.17, 15) is 9.90 Å². The number of methoxy groups -OCH3 is 1. The molecule has 0 rings (SSSR count). The van der Waals surface area contributed by atoms with Gasteiger partial charge in [-0.2, -0.15) is 0 Å². The zero-order chi connectivity index (χ0) is 11.4. The van der Waals surface area contributed by atoms with E-state index in [1.54, 1.807) is 0 Å². The molecule has 0 aromatic rings. The molecule has 0 bridgehead atoms. The zero-order valence-corrected chi connectivity index (χ0v) is 9.59. The van der Waals surface area contributed by atoms with Crippen LogP contribution in [-0.2, 0) is 14.3 Å². The number of carbonyl (C=O) groups excluding carboxylic acids is 1. The van der Waals surface area contributed by atoms with Crippen LogP contribution >= 0.6 is 0 Å². The average Bonchev–Trinajstić information content (AvgIpc) is 2.14. The van der Waals surface area contributed by atoms with E-state index in [-0.39, 0.29) is 12.2 Å². The molecule has 0 aromatic carbocycles. The Hall–Kier alpha value is -0.610. The van der Waals surface area contributed by atoms with E-state index in [0.29, 0.717) is 0 Å². The highest BCUT2D eigenvalue weighted by Gasteiger charge is 2.33. The molecule has 0 heterocycles. The maximum absolute atomic E-state index is 11.1. The van der Waals surface area contributed by atoms with E-state index in [2.05, 4.69) is 4.74 Å². The van der Waals surface area contributed by atoms with Gasteiger partial charge in [0.25, 0.3) is 0 Å². The Morgan fingerprint density at radius 2 is 1.86 bits per heavy atom. The predicted molar refractivity (Wildman–Crippen MR) is 53.0 cm³/mol. The van der Waals surface area contributed by atoms with Gasteiger partial charge in [0.05, 0.1) is 19.3 Å². The number of rotatable bonds is 5. The summed E-state index contributed by atoms with van der Waals surface area (Å²) in [7, 11) is 1.24. The normalized spacial score (nSPS) is 16.1. The van der Waals surface area contributed by atoms with Gasteiger partial charge >= 0.3 is 5.97 Å². The van der Waals surface area contributed by atoms with Gasteiger partial charge in [0, 0.05) is 0 Å². The molecule has 0 saturated carbocycles. The molecule has 1 N–H and O–H groups in total. The lowest BCUT2D eigenvalue weighted by atomic mass is 10.1. The molecule has 0 amide bonds.